The van der Waals surface area contributed by atoms with E-state index in [0.29, 0.717) is 24.4 Å². The van der Waals surface area contributed by atoms with Gasteiger partial charge in [0, 0.05) is 18.3 Å². The van der Waals surface area contributed by atoms with E-state index >= 15 is 0 Å². The van der Waals surface area contributed by atoms with Crippen LogP contribution in [-0.4, -0.2) is 36.5 Å². The van der Waals surface area contributed by atoms with E-state index in [-0.39, 0.29) is 18.0 Å². The number of nitrogens with zero attached hydrogens (tertiary/aromatic N) is 1. The molecule has 0 aliphatic carbocycles. The van der Waals surface area contributed by atoms with E-state index in [2.05, 4.69) is 10.6 Å². The van der Waals surface area contributed by atoms with Gasteiger partial charge in [-0.25, -0.2) is 4.79 Å². The Hall–Kier alpha value is -3.80. The summed E-state index contributed by atoms with van der Waals surface area (Å²) in [5, 5.41) is 6.07. The van der Waals surface area contributed by atoms with Gasteiger partial charge in [-0.2, -0.15) is 0 Å². The molecule has 0 bridgehead atoms. The Morgan fingerprint density at radius 2 is 1.59 bits per heavy atom. The second kappa shape index (κ2) is 10.0. The van der Waals surface area contributed by atoms with Crippen LogP contribution in [0.25, 0.3) is 0 Å². The molecule has 1 heterocycles. The van der Waals surface area contributed by atoms with Crippen molar-refractivity contribution in [2.45, 2.75) is 24.9 Å². The van der Waals surface area contributed by atoms with Crippen molar-refractivity contribution in [1.29, 1.82) is 0 Å². The molecule has 164 valence electrons. The van der Waals surface area contributed by atoms with Gasteiger partial charge < -0.3 is 20.3 Å². The standard InChI is InChI=1S/C26H27N3O3/c1-32-22-15-8-14-21(18-22)27-26(31)29-17-9-16-23(29)25(30)28-24(19-10-4-2-5-11-19)20-12-6-3-7-13-20/h2-8,10-15,18,23-24H,9,16-17H2,1H3,(H,27,31)(H,28,30). The number of urea groups is 1. The molecule has 3 aromatic carbocycles. The predicted molar refractivity (Wildman–Crippen MR) is 125 cm³/mol. The van der Waals surface area contributed by atoms with Crippen LogP contribution in [-0.2, 0) is 4.79 Å². The minimum Gasteiger partial charge on any atom is -0.497 e. The summed E-state index contributed by atoms with van der Waals surface area (Å²) in [5.41, 5.74) is 2.63. The Morgan fingerprint density at radius 3 is 2.22 bits per heavy atom. The van der Waals surface area contributed by atoms with Crippen LogP contribution in [0.5, 0.6) is 5.75 Å². The number of hydrogen-bond acceptors (Lipinski definition) is 3. The molecule has 0 saturated carbocycles. The van der Waals surface area contributed by atoms with Crippen LogP contribution in [0.1, 0.15) is 30.0 Å². The van der Waals surface area contributed by atoms with Crippen LogP contribution in [0.2, 0.25) is 0 Å². The van der Waals surface area contributed by atoms with Gasteiger partial charge in [0.25, 0.3) is 0 Å². The van der Waals surface area contributed by atoms with E-state index in [0.717, 1.165) is 17.5 Å². The maximum absolute atomic E-state index is 13.3. The number of anilines is 1. The van der Waals surface area contributed by atoms with Gasteiger partial charge in [0.05, 0.1) is 13.2 Å². The topological polar surface area (TPSA) is 70.7 Å². The molecule has 1 aliphatic rings. The highest BCUT2D eigenvalue weighted by Gasteiger charge is 2.35. The first-order valence-electron chi connectivity index (χ1n) is 10.8. The summed E-state index contributed by atoms with van der Waals surface area (Å²) in [6, 6.07) is 25.8. The number of carbonyl (C=O) groups excluding carboxylic acids is 2. The first-order chi connectivity index (χ1) is 15.7. The molecule has 1 atom stereocenters. The number of carbonyl (C=O) groups is 2. The number of rotatable bonds is 6. The van der Waals surface area contributed by atoms with Crippen LogP contribution >= 0.6 is 0 Å². The van der Waals surface area contributed by atoms with Crippen molar-refractivity contribution in [2.75, 3.05) is 19.0 Å². The van der Waals surface area contributed by atoms with Crippen LogP contribution in [0.15, 0.2) is 84.9 Å². The van der Waals surface area contributed by atoms with E-state index in [9.17, 15) is 9.59 Å². The SMILES string of the molecule is COc1cccc(NC(=O)N2CCCC2C(=O)NC(c2ccccc2)c2ccccc2)c1. The first kappa shape index (κ1) is 21.4. The quantitative estimate of drug-likeness (QED) is 0.602. The highest BCUT2D eigenvalue weighted by Crippen LogP contribution is 2.25. The summed E-state index contributed by atoms with van der Waals surface area (Å²) in [4.78, 5) is 27.9. The molecular formula is C26H27N3O3. The summed E-state index contributed by atoms with van der Waals surface area (Å²) in [6.07, 6.45) is 1.42. The summed E-state index contributed by atoms with van der Waals surface area (Å²) in [5.74, 6) is 0.507. The molecule has 6 nitrogen and oxygen atoms in total. The van der Waals surface area contributed by atoms with Crippen LogP contribution in [0.3, 0.4) is 0 Å². The molecule has 0 aromatic heterocycles. The number of amides is 3. The van der Waals surface area contributed by atoms with Crippen molar-refractivity contribution in [2.24, 2.45) is 0 Å². The number of ether oxygens (including phenoxy) is 1. The maximum Gasteiger partial charge on any atom is 0.322 e. The molecule has 1 fully saturated rings. The molecule has 2 N–H and O–H groups in total. The number of benzene rings is 3. The van der Waals surface area contributed by atoms with E-state index in [4.69, 9.17) is 4.74 Å². The third-order valence-corrected chi connectivity index (χ3v) is 5.69. The minimum atomic E-state index is -0.518. The summed E-state index contributed by atoms with van der Waals surface area (Å²) < 4.78 is 5.22. The van der Waals surface area contributed by atoms with Crippen LogP contribution < -0.4 is 15.4 Å². The fraction of sp³-hybridized carbons (Fsp3) is 0.231. The lowest BCUT2D eigenvalue weighted by atomic mass is 9.98. The Balaban J connectivity index is 1.50. The number of nitrogens with one attached hydrogen (secondary N) is 2. The minimum absolute atomic E-state index is 0.152. The Kier molecular flexibility index (Phi) is 6.70. The Morgan fingerprint density at radius 1 is 0.938 bits per heavy atom. The van der Waals surface area contributed by atoms with Gasteiger partial charge in [0.15, 0.2) is 0 Å². The molecule has 1 saturated heterocycles. The molecule has 6 heteroatoms. The van der Waals surface area contributed by atoms with E-state index in [1.807, 2.05) is 72.8 Å². The lowest BCUT2D eigenvalue weighted by molar-refractivity contribution is -0.125. The highest BCUT2D eigenvalue weighted by atomic mass is 16.5. The Bertz CT molecular complexity index is 1020. The van der Waals surface area contributed by atoms with Gasteiger partial charge in [0.2, 0.25) is 5.91 Å². The predicted octanol–water partition coefficient (Wildman–Crippen LogP) is 4.60. The Labute approximate surface area is 188 Å². The average Bonchev–Trinajstić information content (AvgIpc) is 3.34. The number of hydrogen-bond donors (Lipinski definition) is 2. The zero-order chi connectivity index (χ0) is 22.3. The normalized spacial score (nSPS) is 15.4. The monoisotopic (exact) mass is 429 g/mol. The van der Waals surface area contributed by atoms with Crippen molar-refractivity contribution in [3.8, 4) is 5.75 Å². The summed E-state index contributed by atoms with van der Waals surface area (Å²) in [7, 11) is 1.58. The molecule has 1 aliphatic heterocycles. The second-order valence-electron chi connectivity index (χ2n) is 7.78. The zero-order valence-electron chi connectivity index (χ0n) is 18.0. The lowest BCUT2D eigenvalue weighted by Crippen LogP contribution is -2.48. The van der Waals surface area contributed by atoms with Gasteiger partial charge >= 0.3 is 6.03 Å². The van der Waals surface area contributed by atoms with Crippen LogP contribution in [0, 0.1) is 0 Å². The average molecular weight is 430 g/mol. The number of likely N-dealkylation sites (tertiary alicyclic amines) is 1. The molecule has 0 spiro atoms. The zero-order valence-corrected chi connectivity index (χ0v) is 18.0. The highest BCUT2D eigenvalue weighted by molar-refractivity contribution is 5.94. The molecule has 0 radical (unpaired) electrons. The van der Waals surface area contributed by atoms with Gasteiger partial charge in [-0.3, -0.25) is 4.79 Å². The fourth-order valence-corrected chi connectivity index (χ4v) is 4.07. The molecule has 32 heavy (non-hydrogen) atoms. The van der Waals surface area contributed by atoms with Crippen molar-refractivity contribution in [3.05, 3.63) is 96.1 Å². The maximum atomic E-state index is 13.3. The molecular weight excluding hydrogens is 402 g/mol. The van der Waals surface area contributed by atoms with Crippen molar-refractivity contribution >= 4 is 17.6 Å². The van der Waals surface area contributed by atoms with E-state index < -0.39 is 6.04 Å². The van der Waals surface area contributed by atoms with Crippen molar-refractivity contribution in [1.82, 2.24) is 10.2 Å². The van der Waals surface area contributed by atoms with Crippen molar-refractivity contribution in [3.63, 3.8) is 0 Å². The van der Waals surface area contributed by atoms with Gasteiger partial charge in [-0.15, -0.1) is 0 Å². The molecule has 1 unspecified atom stereocenters. The largest absolute Gasteiger partial charge is 0.497 e. The van der Waals surface area contributed by atoms with Crippen LogP contribution in [0.4, 0.5) is 10.5 Å². The second-order valence-corrected chi connectivity index (χ2v) is 7.78. The lowest BCUT2D eigenvalue weighted by Gasteiger charge is -2.27. The third-order valence-electron chi connectivity index (χ3n) is 5.69. The smallest absolute Gasteiger partial charge is 0.322 e. The number of methoxy groups -OCH3 is 1. The first-order valence-corrected chi connectivity index (χ1v) is 10.8. The molecule has 3 amide bonds. The summed E-state index contributed by atoms with van der Waals surface area (Å²) in [6.45, 7) is 0.537. The molecule has 3 aromatic rings. The molecule has 4 rings (SSSR count). The van der Waals surface area contributed by atoms with Gasteiger partial charge in [-0.1, -0.05) is 66.7 Å². The van der Waals surface area contributed by atoms with E-state index in [1.54, 1.807) is 24.1 Å². The van der Waals surface area contributed by atoms with Crippen molar-refractivity contribution < 1.29 is 14.3 Å². The van der Waals surface area contributed by atoms with Gasteiger partial charge in [-0.05, 0) is 36.1 Å². The fourth-order valence-electron chi connectivity index (χ4n) is 4.07. The third kappa shape index (κ3) is 4.91. The summed E-state index contributed by atoms with van der Waals surface area (Å²) >= 11 is 0. The van der Waals surface area contributed by atoms with E-state index in [1.165, 1.54) is 0 Å². The van der Waals surface area contributed by atoms with Gasteiger partial charge in [0.1, 0.15) is 11.8 Å².